The lowest BCUT2D eigenvalue weighted by Gasteiger charge is -2.22. The van der Waals surface area contributed by atoms with E-state index in [4.69, 9.17) is 5.73 Å². The first-order chi connectivity index (χ1) is 7.58. The summed E-state index contributed by atoms with van der Waals surface area (Å²) in [4.78, 5) is 4.19. The smallest absolute Gasteiger partial charge is 0.140 e. The maximum absolute atomic E-state index is 9.17. The van der Waals surface area contributed by atoms with E-state index < -0.39 is 0 Å². The minimum absolute atomic E-state index is 0.132. The monoisotopic (exact) mass is 305 g/mol. The van der Waals surface area contributed by atoms with Crippen LogP contribution < -0.4 is 11.1 Å². The number of pyridine rings is 1. The number of rotatable bonds is 5. The molecule has 1 rings (SSSR count). The molecule has 0 aromatic carbocycles. The molecule has 2 atom stereocenters. The topological polar surface area (TPSA) is 71.2 Å². The van der Waals surface area contributed by atoms with Crippen molar-refractivity contribution in [1.82, 2.24) is 4.98 Å². The Kier molecular flexibility index (Phi) is 5.37. The molecule has 16 heavy (non-hydrogen) atoms. The SMILES string of the molecule is CSC(CO)C(C)Nc1ncc(N)cc1Br. The van der Waals surface area contributed by atoms with Crippen LogP contribution in [0.1, 0.15) is 6.92 Å². The average Bonchev–Trinajstić information content (AvgIpc) is 2.24. The van der Waals surface area contributed by atoms with Crippen LogP contribution in [0.2, 0.25) is 0 Å². The molecule has 0 aliphatic carbocycles. The van der Waals surface area contributed by atoms with Crippen LogP contribution in [0.4, 0.5) is 11.5 Å². The van der Waals surface area contributed by atoms with E-state index in [1.807, 2.05) is 13.2 Å². The van der Waals surface area contributed by atoms with Gasteiger partial charge in [0.15, 0.2) is 0 Å². The van der Waals surface area contributed by atoms with Crippen LogP contribution in [0.15, 0.2) is 16.7 Å². The van der Waals surface area contributed by atoms with Gasteiger partial charge in [0, 0.05) is 11.3 Å². The van der Waals surface area contributed by atoms with Crippen LogP contribution in [0.25, 0.3) is 0 Å². The van der Waals surface area contributed by atoms with Crippen LogP contribution >= 0.6 is 27.7 Å². The molecule has 0 saturated carbocycles. The predicted molar refractivity (Wildman–Crippen MR) is 73.8 cm³/mol. The highest BCUT2D eigenvalue weighted by atomic mass is 79.9. The zero-order chi connectivity index (χ0) is 12.1. The van der Waals surface area contributed by atoms with Gasteiger partial charge in [-0.15, -0.1) is 0 Å². The summed E-state index contributed by atoms with van der Waals surface area (Å²) >= 11 is 5.02. The molecule has 0 aliphatic rings. The number of aromatic nitrogens is 1. The third kappa shape index (κ3) is 3.54. The zero-order valence-corrected chi connectivity index (χ0v) is 11.7. The second kappa shape index (κ2) is 6.32. The van der Waals surface area contributed by atoms with Gasteiger partial charge in [0.1, 0.15) is 5.82 Å². The van der Waals surface area contributed by atoms with Gasteiger partial charge in [-0.05, 0) is 35.2 Å². The summed E-state index contributed by atoms with van der Waals surface area (Å²) in [6.45, 7) is 2.16. The Morgan fingerprint density at radius 1 is 1.69 bits per heavy atom. The number of aliphatic hydroxyl groups is 1. The van der Waals surface area contributed by atoms with Gasteiger partial charge in [0.25, 0.3) is 0 Å². The molecule has 0 bridgehead atoms. The fraction of sp³-hybridized carbons (Fsp3) is 0.500. The Hall–Kier alpha value is -0.460. The fourth-order valence-electron chi connectivity index (χ4n) is 1.30. The Morgan fingerprint density at radius 2 is 2.38 bits per heavy atom. The number of hydrogen-bond donors (Lipinski definition) is 3. The van der Waals surface area contributed by atoms with Crippen molar-refractivity contribution in [2.75, 3.05) is 23.9 Å². The first-order valence-electron chi connectivity index (χ1n) is 4.89. The van der Waals surface area contributed by atoms with Gasteiger partial charge in [-0.2, -0.15) is 11.8 Å². The number of anilines is 2. The first kappa shape index (κ1) is 13.6. The molecule has 6 heteroatoms. The van der Waals surface area contributed by atoms with Gasteiger partial charge < -0.3 is 16.2 Å². The van der Waals surface area contributed by atoms with Crippen LogP contribution in [0, 0.1) is 0 Å². The second-order valence-electron chi connectivity index (χ2n) is 3.49. The fourth-order valence-corrected chi connectivity index (χ4v) is 2.41. The standard InChI is InChI=1S/C10H16BrN3OS/c1-6(9(5-15)16-2)14-10-8(11)3-7(12)4-13-10/h3-4,6,9,15H,5,12H2,1-2H3,(H,13,14). The number of hydrogen-bond acceptors (Lipinski definition) is 5. The lowest BCUT2D eigenvalue weighted by Crippen LogP contribution is -2.31. The minimum atomic E-state index is 0.132. The number of aliphatic hydroxyl groups excluding tert-OH is 1. The van der Waals surface area contributed by atoms with E-state index in [0.717, 1.165) is 10.3 Å². The van der Waals surface area contributed by atoms with E-state index in [1.165, 1.54) is 0 Å². The molecular weight excluding hydrogens is 290 g/mol. The van der Waals surface area contributed by atoms with Crippen molar-refractivity contribution in [2.24, 2.45) is 0 Å². The molecule has 0 amide bonds. The van der Waals surface area contributed by atoms with Gasteiger partial charge >= 0.3 is 0 Å². The largest absolute Gasteiger partial charge is 0.397 e. The predicted octanol–water partition coefficient (Wildman–Crippen LogP) is 1.95. The Bertz CT molecular complexity index is 347. The summed E-state index contributed by atoms with van der Waals surface area (Å²) in [5.41, 5.74) is 6.23. The summed E-state index contributed by atoms with van der Waals surface area (Å²) < 4.78 is 0.831. The Balaban J connectivity index is 2.72. The van der Waals surface area contributed by atoms with E-state index >= 15 is 0 Å². The Morgan fingerprint density at radius 3 is 2.88 bits per heavy atom. The molecule has 0 radical (unpaired) electrons. The van der Waals surface area contributed by atoms with Crippen LogP contribution in [0.3, 0.4) is 0 Å². The maximum Gasteiger partial charge on any atom is 0.140 e. The average molecular weight is 306 g/mol. The normalized spacial score (nSPS) is 14.5. The van der Waals surface area contributed by atoms with Crippen molar-refractivity contribution in [2.45, 2.75) is 18.2 Å². The number of nitrogens with two attached hydrogens (primary N) is 1. The molecule has 1 heterocycles. The molecule has 0 saturated heterocycles. The lowest BCUT2D eigenvalue weighted by molar-refractivity contribution is 0.288. The Labute approximate surface area is 108 Å². The molecule has 0 spiro atoms. The second-order valence-corrected chi connectivity index (χ2v) is 5.42. The highest BCUT2D eigenvalue weighted by Crippen LogP contribution is 2.24. The number of nitrogens with zero attached hydrogens (tertiary/aromatic N) is 1. The molecule has 4 N–H and O–H groups in total. The highest BCUT2D eigenvalue weighted by molar-refractivity contribution is 9.10. The third-order valence-electron chi connectivity index (χ3n) is 2.27. The summed E-state index contributed by atoms with van der Waals surface area (Å²) in [6, 6.07) is 1.93. The van der Waals surface area contributed by atoms with E-state index in [-0.39, 0.29) is 17.9 Å². The van der Waals surface area contributed by atoms with E-state index in [0.29, 0.717) is 5.69 Å². The van der Waals surface area contributed by atoms with Crippen molar-refractivity contribution < 1.29 is 5.11 Å². The summed E-state index contributed by atoms with van der Waals surface area (Å²) in [5.74, 6) is 0.745. The van der Waals surface area contributed by atoms with Gasteiger partial charge in [-0.25, -0.2) is 4.98 Å². The molecule has 0 aliphatic heterocycles. The van der Waals surface area contributed by atoms with E-state index in [1.54, 1.807) is 24.0 Å². The number of halogens is 1. The summed E-state index contributed by atoms with van der Waals surface area (Å²) in [5, 5.41) is 12.6. The van der Waals surface area contributed by atoms with Crippen LogP contribution in [0.5, 0.6) is 0 Å². The van der Waals surface area contributed by atoms with Gasteiger partial charge in [0.2, 0.25) is 0 Å². The van der Waals surface area contributed by atoms with Crippen molar-refractivity contribution in [3.05, 3.63) is 16.7 Å². The molecule has 4 nitrogen and oxygen atoms in total. The van der Waals surface area contributed by atoms with Crippen molar-refractivity contribution in [3.8, 4) is 0 Å². The molecule has 1 aromatic heterocycles. The van der Waals surface area contributed by atoms with Crippen molar-refractivity contribution in [1.29, 1.82) is 0 Å². The van der Waals surface area contributed by atoms with Crippen LogP contribution in [-0.4, -0.2) is 34.2 Å². The van der Waals surface area contributed by atoms with E-state index in [9.17, 15) is 5.11 Å². The van der Waals surface area contributed by atoms with E-state index in [2.05, 4.69) is 26.2 Å². The highest BCUT2D eigenvalue weighted by Gasteiger charge is 2.16. The number of nitrogen functional groups attached to an aromatic ring is 1. The number of nitrogens with one attached hydrogen (secondary N) is 1. The number of thioether (sulfide) groups is 1. The summed E-state index contributed by atoms with van der Waals surface area (Å²) in [7, 11) is 0. The quantitative estimate of drug-likeness (QED) is 0.775. The van der Waals surface area contributed by atoms with Crippen molar-refractivity contribution in [3.63, 3.8) is 0 Å². The van der Waals surface area contributed by atoms with Crippen molar-refractivity contribution >= 4 is 39.2 Å². The third-order valence-corrected chi connectivity index (χ3v) is 4.03. The van der Waals surface area contributed by atoms with Gasteiger partial charge in [0.05, 0.1) is 23.0 Å². The molecule has 90 valence electrons. The van der Waals surface area contributed by atoms with Crippen LogP contribution in [-0.2, 0) is 0 Å². The lowest BCUT2D eigenvalue weighted by atomic mass is 10.2. The summed E-state index contributed by atoms with van der Waals surface area (Å²) in [6.07, 6.45) is 3.58. The van der Waals surface area contributed by atoms with Gasteiger partial charge in [-0.1, -0.05) is 0 Å². The maximum atomic E-state index is 9.17. The first-order valence-corrected chi connectivity index (χ1v) is 6.97. The zero-order valence-electron chi connectivity index (χ0n) is 9.27. The van der Waals surface area contributed by atoms with Gasteiger partial charge in [-0.3, -0.25) is 0 Å². The molecule has 2 unspecified atom stereocenters. The minimum Gasteiger partial charge on any atom is -0.397 e. The molecule has 0 fully saturated rings. The molecule has 1 aromatic rings. The molecular formula is C10H16BrN3OS.